The molecule has 0 radical (unpaired) electrons. The molecule has 1 aromatic carbocycles. The largest absolute Gasteiger partial charge is 0.251 e. The van der Waals surface area contributed by atoms with Gasteiger partial charge in [-0.15, -0.1) is 0 Å². The van der Waals surface area contributed by atoms with Crippen LogP contribution in [0.4, 0.5) is 0 Å². The van der Waals surface area contributed by atoms with Crippen molar-refractivity contribution in [2.75, 3.05) is 0 Å². The molecule has 0 amide bonds. The normalized spacial score (nSPS) is 18.4. The third-order valence-electron chi connectivity index (χ3n) is 2.45. The zero-order valence-electron chi connectivity index (χ0n) is 11.8. The second-order valence-electron chi connectivity index (χ2n) is 3.67. The zero-order chi connectivity index (χ0) is 13.8. The Morgan fingerprint density at radius 1 is 1.53 bits per heavy atom. The summed E-state index contributed by atoms with van der Waals surface area (Å²) < 4.78 is 21.8. The molecule has 2 nitrogen and oxygen atoms in total. The average Bonchev–Trinajstić information content (AvgIpc) is 2.34. The second-order valence-corrected chi connectivity index (χ2v) is 3.67. The Morgan fingerprint density at radius 2 is 2.20 bits per heavy atom. The van der Waals surface area contributed by atoms with Crippen molar-refractivity contribution in [2.45, 2.75) is 32.2 Å². The molecule has 0 fully saturated rings. The maximum atomic E-state index is 8.84. The van der Waals surface area contributed by atoms with Crippen molar-refractivity contribution in [3.63, 3.8) is 0 Å². The Kier molecular flexibility index (Phi) is 3.06. The fourth-order valence-corrected chi connectivity index (χ4v) is 1.49. The highest BCUT2D eigenvalue weighted by molar-refractivity contribution is 5.19. The van der Waals surface area contributed by atoms with E-state index >= 15 is 0 Å². The van der Waals surface area contributed by atoms with E-state index in [9.17, 15) is 0 Å². The van der Waals surface area contributed by atoms with Crippen molar-refractivity contribution < 1.29 is 14.3 Å². The third kappa shape index (κ3) is 3.50. The van der Waals surface area contributed by atoms with Crippen molar-refractivity contribution in [1.82, 2.24) is 0 Å². The molecular formula is C13H18O2. The minimum Gasteiger partial charge on any atom is -0.251 e. The molecule has 0 aliphatic carbocycles. The fourth-order valence-electron chi connectivity index (χ4n) is 1.49. The van der Waals surface area contributed by atoms with E-state index in [-0.39, 0.29) is 11.5 Å². The fraction of sp³-hybridized carbons (Fsp3) is 0.385. The van der Waals surface area contributed by atoms with E-state index in [0.29, 0.717) is 6.42 Å². The maximum Gasteiger partial charge on any atom is 0.114 e. The minimum atomic E-state index is -2.32. The monoisotopic (exact) mass is 209 g/mol. The molecule has 0 unspecified atom stereocenters. The summed E-state index contributed by atoms with van der Waals surface area (Å²) >= 11 is 0. The Hall–Kier alpha value is -1.12. The highest BCUT2D eigenvalue weighted by Gasteiger charge is 2.15. The van der Waals surface area contributed by atoms with Crippen LogP contribution in [0, 0.1) is 0 Å². The van der Waals surface area contributed by atoms with Crippen molar-refractivity contribution in [3.8, 4) is 0 Å². The Bertz CT molecular complexity index is 387. The lowest BCUT2D eigenvalue weighted by Crippen LogP contribution is -2.15. The van der Waals surface area contributed by atoms with Gasteiger partial charge in [0.15, 0.2) is 0 Å². The Morgan fingerprint density at radius 3 is 2.73 bits per heavy atom. The molecule has 0 aromatic heterocycles. The van der Waals surface area contributed by atoms with Gasteiger partial charge in [0, 0.05) is 4.11 Å². The first-order valence-electron chi connectivity index (χ1n) is 6.40. The third-order valence-corrected chi connectivity index (χ3v) is 2.45. The molecule has 0 aliphatic heterocycles. The van der Waals surface area contributed by atoms with Crippen LogP contribution in [0.2, 0.25) is 0 Å². The topological polar surface area (TPSA) is 29.5 Å². The maximum absolute atomic E-state index is 8.84. The van der Waals surface area contributed by atoms with Crippen LogP contribution in [0.5, 0.6) is 0 Å². The van der Waals surface area contributed by atoms with Gasteiger partial charge in [0.2, 0.25) is 0 Å². The molecule has 0 bridgehead atoms. The van der Waals surface area contributed by atoms with E-state index in [2.05, 4.69) is 11.5 Å². The molecule has 0 aliphatic rings. The van der Waals surface area contributed by atoms with Gasteiger partial charge in [0.1, 0.15) is 6.10 Å². The summed E-state index contributed by atoms with van der Waals surface area (Å²) in [5, 5.41) is 8.84. The van der Waals surface area contributed by atoms with Crippen LogP contribution in [0.25, 0.3) is 0 Å². The average molecular weight is 209 g/mol. The van der Waals surface area contributed by atoms with Gasteiger partial charge in [-0.2, -0.15) is 0 Å². The van der Waals surface area contributed by atoms with E-state index in [1.54, 1.807) is 0 Å². The smallest absolute Gasteiger partial charge is 0.114 e. The van der Waals surface area contributed by atoms with Gasteiger partial charge in [-0.3, -0.25) is 5.26 Å². The summed E-state index contributed by atoms with van der Waals surface area (Å²) in [5.41, 5.74) is 0.991. The zero-order valence-corrected chi connectivity index (χ0v) is 8.81. The lowest BCUT2D eigenvalue weighted by atomic mass is 9.93. The predicted molar refractivity (Wildman–Crippen MR) is 61.8 cm³/mol. The molecule has 82 valence electrons. The summed E-state index contributed by atoms with van der Waals surface area (Å²) in [6.45, 7) is 3.13. The van der Waals surface area contributed by atoms with Crippen LogP contribution < -0.4 is 0 Å². The van der Waals surface area contributed by atoms with Gasteiger partial charge >= 0.3 is 0 Å². The second kappa shape index (κ2) is 5.69. The molecule has 2 atom stereocenters. The Balaban J connectivity index is 2.73. The first kappa shape index (κ1) is 8.08. The standard InChI is InChI=1S/C13H18O2/c1-10(2)13(15-14)9-11(3)12-7-5-4-6-8-12/h4-8,11,13-14H,1,9H2,2-3H3/t11-,13+/m0/s1/i2D3. The van der Waals surface area contributed by atoms with Gasteiger partial charge in [-0.05, 0) is 30.3 Å². The lowest BCUT2D eigenvalue weighted by molar-refractivity contribution is -0.270. The van der Waals surface area contributed by atoms with Crippen LogP contribution in [0.3, 0.4) is 0 Å². The predicted octanol–water partition coefficient (Wildman–Crippen LogP) is 3.61. The SMILES string of the molecule is [2H]C([2H])([2H])C(=C)[C@@H](C[C@H](C)c1ccccc1)OO. The van der Waals surface area contributed by atoms with Crippen LogP contribution in [-0.2, 0) is 4.89 Å². The van der Waals surface area contributed by atoms with Gasteiger partial charge < -0.3 is 0 Å². The number of hydrogen-bond donors (Lipinski definition) is 1. The molecule has 0 heterocycles. The molecule has 1 N–H and O–H groups in total. The number of benzene rings is 1. The van der Waals surface area contributed by atoms with Crippen molar-refractivity contribution in [2.24, 2.45) is 0 Å². The molecule has 1 rings (SSSR count). The summed E-state index contributed by atoms with van der Waals surface area (Å²) in [6, 6.07) is 9.66. The van der Waals surface area contributed by atoms with E-state index in [1.165, 1.54) is 0 Å². The van der Waals surface area contributed by atoms with Crippen LogP contribution in [-0.4, -0.2) is 11.4 Å². The van der Waals surface area contributed by atoms with Crippen LogP contribution in [0.1, 0.15) is 35.8 Å². The molecule has 0 spiro atoms. The first-order chi connectivity index (χ1) is 8.36. The van der Waals surface area contributed by atoms with Gasteiger partial charge in [-0.25, -0.2) is 4.89 Å². The van der Waals surface area contributed by atoms with Crippen LogP contribution in [0.15, 0.2) is 42.5 Å². The van der Waals surface area contributed by atoms with Gasteiger partial charge in [0.05, 0.1) is 0 Å². The van der Waals surface area contributed by atoms with Crippen molar-refractivity contribution >= 4 is 0 Å². The molecule has 0 saturated heterocycles. The van der Waals surface area contributed by atoms with Crippen molar-refractivity contribution in [3.05, 3.63) is 48.0 Å². The van der Waals surface area contributed by atoms with Crippen molar-refractivity contribution in [1.29, 1.82) is 0 Å². The molecule has 1 aromatic rings. The quantitative estimate of drug-likeness (QED) is 0.456. The van der Waals surface area contributed by atoms with E-state index in [1.807, 2.05) is 37.3 Å². The summed E-state index contributed by atoms with van der Waals surface area (Å²) in [6.07, 6.45) is -0.509. The van der Waals surface area contributed by atoms with Gasteiger partial charge in [0.25, 0.3) is 0 Å². The minimum absolute atomic E-state index is 0.0717. The molecule has 2 heteroatoms. The number of rotatable bonds is 5. The highest BCUT2D eigenvalue weighted by atomic mass is 17.1. The summed E-state index contributed by atoms with van der Waals surface area (Å²) in [5.74, 6) is 0.0717. The summed E-state index contributed by atoms with van der Waals surface area (Å²) in [4.78, 5) is 4.27. The molecule has 15 heavy (non-hydrogen) atoms. The number of hydrogen-bond acceptors (Lipinski definition) is 2. The van der Waals surface area contributed by atoms with Crippen LogP contribution >= 0.6 is 0 Å². The first-order valence-corrected chi connectivity index (χ1v) is 4.90. The van der Waals surface area contributed by atoms with E-state index in [0.717, 1.165) is 5.56 Å². The highest BCUT2D eigenvalue weighted by Crippen LogP contribution is 2.23. The van der Waals surface area contributed by atoms with E-state index < -0.39 is 13.0 Å². The van der Waals surface area contributed by atoms with Gasteiger partial charge in [-0.1, -0.05) is 43.8 Å². The molecular weight excluding hydrogens is 188 g/mol. The summed E-state index contributed by atoms with van der Waals surface area (Å²) in [7, 11) is 0. The lowest BCUT2D eigenvalue weighted by Gasteiger charge is -2.18. The molecule has 0 saturated carbocycles. The Labute approximate surface area is 95.3 Å². The van der Waals surface area contributed by atoms with E-state index in [4.69, 9.17) is 9.37 Å².